The molecular weight excluding hydrogens is 396 g/mol. The summed E-state index contributed by atoms with van der Waals surface area (Å²) in [6.45, 7) is 5.36. The molecule has 3 heterocycles. The lowest BCUT2D eigenvalue weighted by atomic mass is 9.72. The number of nitrogens with two attached hydrogens (primary N) is 2. The van der Waals surface area contributed by atoms with Gasteiger partial charge >= 0.3 is 0 Å². The summed E-state index contributed by atoms with van der Waals surface area (Å²) in [5, 5.41) is 22.4. The van der Waals surface area contributed by atoms with Crippen LogP contribution in [0.5, 0.6) is 0 Å². The average molecular weight is 420 g/mol. The second-order valence-electron chi connectivity index (χ2n) is 7.67. The van der Waals surface area contributed by atoms with Gasteiger partial charge in [0.2, 0.25) is 0 Å². The molecule has 0 radical (unpaired) electrons. The first-order valence-electron chi connectivity index (χ1n) is 9.72. The fraction of sp³-hybridized carbons (Fsp3) is 0.350. The van der Waals surface area contributed by atoms with Gasteiger partial charge in [-0.05, 0) is 25.8 Å². The fourth-order valence-electron chi connectivity index (χ4n) is 3.84. The van der Waals surface area contributed by atoms with Gasteiger partial charge in [-0.3, -0.25) is 10.1 Å². The molecule has 0 saturated heterocycles. The Labute approximate surface area is 179 Å². The number of fused-ring (bicyclic) bond motifs is 1. The van der Waals surface area contributed by atoms with Crippen LogP contribution in [0.1, 0.15) is 31.9 Å². The summed E-state index contributed by atoms with van der Waals surface area (Å²) < 4.78 is 8.92. The van der Waals surface area contributed by atoms with Crippen molar-refractivity contribution >= 4 is 17.0 Å². The Kier molecular flexibility index (Phi) is 5.08. The third-order valence-corrected chi connectivity index (χ3v) is 5.57. The number of nitrogens with zero attached hydrogens (tertiary/aromatic N) is 7. The zero-order valence-electron chi connectivity index (χ0n) is 17.4. The van der Waals surface area contributed by atoms with E-state index in [1.54, 1.807) is 35.6 Å². The minimum absolute atomic E-state index is 0.105. The van der Waals surface area contributed by atoms with Crippen molar-refractivity contribution in [2.45, 2.75) is 37.8 Å². The van der Waals surface area contributed by atoms with Crippen LogP contribution in [-0.2, 0) is 10.3 Å². The minimum atomic E-state index is -0.432. The maximum Gasteiger partial charge on any atom is 0.155 e. The molecular formula is C20H24N10O. The van der Waals surface area contributed by atoms with Crippen molar-refractivity contribution in [1.82, 2.24) is 29.8 Å². The first-order chi connectivity index (χ1) is 14.9. The lowest BCUT2D eigenvalue weighted by molar-refractivity contribution is -0.0540. The van der Waals surface area contributed by atoms with Gasteiger partial charge in [-0.1, -0.05) is 6.58 Å². The fourth-order valence-corrected chi connectivity index (χ4v) is 3.84. The number of hydrogen-bond acceptors (Lipinski definition) is 9. The van der Waals surface area contributed by atoms with E-state index >= 15 is 0 Å². The van der Waals surface area contributed by atoms with E-state index in [0.717, 1.165) is 5.52 Å². The molecule has 11 nitrogen and oxygen atoms in total. The Bertz CT molecular complexity index is 1210. The van der Waals surface area contributed by atoms with Crippen LogP contribution in [0, 0.1) is 11.3 Å². The molecule has 1 aliphatic carbocycles. The van der Waals surface area contributed by atoms with Crippen LogP contribution < -0.4 is 16.9 Å². The Morgan fingerprint density at radius 1 is 1.48 bits per heavy atom. The van der Waals surface area contributed by atoms with E-state index in [1.807, 2.05) is 12.3 Å². The molecule has 0 aliphatic heterocycles. The van der Waals surface area contributed by atoms with Gasteiger partial charge in [0.15, 0.2) is 5.82 Å². The van der Waals surface area contributed by atoms with Crippen molar-refractivity contribution in [2.24, 2.45) is 10.8 Å². The Morgan fingerprint density at radius 3 is 2.94 bits per heavy atom. The SMILES string of the molecule is C=C(N)N/N=C(\C)c1cn2nccc2c(-c2cn(C3(CC#N)CC(OC)C3)nc2N)n1. The molecule has 0 amide bonds. The van der Waals surface area contributed by atoms with Crippen LogP contribution in [0.2, 0.25) is 0 Å². The first-order valence-corrected chi connectivity index (χ1v) is 9.72. The Morgan fingerprint density at radius 2 is 2.26 bits per heavy atom. The van der Waals surface area contributed by atoms with Gasteiger partial charge < -0.3 is 16.2 Å². The summed E-state index contributed by atoms with van der Waals surface area (Å²) >= 11 is 0. The molecule has 0 atom stereocenters. The second-order valence-corrected chi connectivity index (χ2v) is 7.67. The molecule has 1 aliphatic rings. The largest absolute Gasteiger partial charge is 0.385 e. The quantitative estimate of drug-likeness (QED) is 0.381. The number of nitrogens with one attached hydrogen (secondary N) is 1. The molecule has 0 bridgehead atoms. The van der Waals surface area contributed by atoms with Gasteiger partial charge in [-0.25, -0.2) is 9.50 Å². The van der Waals surface area contributed by atoms with Crippen LogP contribution in [-0.4, -0.2) is 43.3 Å². The highest BCUT2D eigenvalue weighted by Crippen LogP contribution is 2.44. The molecule has 0 unspecified atom stereocenters. The van der Waals surface area contributed by atoms with E-state index in [9.17, 15) is 5.26 Å². The average Bonchev–Trinajstić information content (AvgIpc) is 3.34. The van der Waals surface area contributed by atoms with E-state index in [4.69, 9.17) is 21.2 Å². The highest BCUT2D eigenvalue weighted by atomic mass is 16.5. The van der Waals surface area contributed by atoms with Crippen molar-refractivity contribution in [3.05, 3.63) is 42.8 Å². The van der Waals surface area contributed by atoms with Gasteiger partial charge in [0, 0.05) is 13.3 Å². The van der Waals surface area contributed by atoms with Crippen LogP contribution in [0.3, 0.4) is 0 Å². The van der Waals surface area contributed by atoms with Crippen molar-refractivity contribution < 1.29 is 4.74 Å². The lowest BCUT2D eigenvalue weighted by Crippen LogP contribution is -2.50. The van der Waals surface area contributed by atoms with Crippen LogP contribution >= 0.6 is 0 Å². The third kappa shape index (κ3) is 3.57. The van der Waals surface area contributed by atoms with Crippen molar-refractivity contribution in [1.29, 1.82) is 5.26 Å². The summed E-state index contributed by atoms with van der Waals surface area (Å²) in [7, 11) is 1.67. The highest BCUT2D eigenvalue weighted by molar-refractivity contribution is 5.98. The van der Waals surface area contributed by atoms with Gasteiger partial charge in [0.25, 0.3) is 0 Å². The molecule has 160 valence electrons. The summed E-state index contributed by atoms with van der Waals surface area (Å²) in [5.41, 5.74) is 17.3. The number of aromatic nitrogens is 5. The monoisotopic (exact) mass is 420 g/mol. The number of nitrogen functional groups attached to an aromatic ring is 1. The van der Waals surface area contributed by atoms with Crippen LogP contribution in [0.15, 0.2) is 42.2 Å². The molecule has 31 heavy (non-hydrogen) atoms. The standard InChI is InChI=1S/C20H24N10O/c1-12(26-27-13(2)22)16-11-29-17(4-7-24-29)18(25-16)15-10-30(28-19(15)23)20(5-6-21)8-14(9-20)31-3/h4,7,10-11,14,27H,2,5,8-9,22H2,1,3H3,(H2,23,28)/b26-12+. The normalized spacial score (nSPS) is 20.9. The Balaban J connectivity index is 1.79. The number of anilines is 1. The minimum Gasteiger partial charge on any atom is -0.385 e. The molecule has 0 aromatic carbocycles. The number of methoxy groups -OCH3 is 1. The predicted octanol–water partition coefficient (Wildman–Crippen LogP) is 1.34. The third-order valence-electron chi connectivity index (χ3n) is 5.57. The van der Waals surface area contributed by atoms with Crippen molar-refractivity contribution in [2.75, 3.05) is 12.8 Å². The molecule has 1 saturated carbocycles. The number of hydrazone groups is 1. The number of ether oxygens (including phenoxy) is 1. The first kappa shape index (κ1) is 20.4. The van der Waals surface area contributed by atoms with E-state index in [0.29, 0.717) is 47.7 Å². The van der Waals surface area contributed by atoms with Crippen LogP contribution in [0.25, 0.3) is 16.8 Å². The zero-order valence-corrected chi connectivity index (χ0v) is 17.4. The highest BCUT2D eigenvalue weighted by Gasteiger charge is 2.47. The number of rotatable bonds is 7. The molecule has 3 aromatic rings. The van der Waals surface area contributed by atoms with E-state index < -0.39 is 5.54 Å². The topological polar surface area (TPSA) is 157 Å². The number of hydrogen-bond donors (Lipinski definition) is 3. The van der Waals surface area contributed by atoms with Gasteiger partial charge in [-0.2, -0.15) is 20.6 Å². The van der Waals surface area contributed by atoms with Gasteiger partial charge in [0.05, 0.1) is 53.3 Å². The molecule has 0 spiro atoms. The van der Waals surface area contributed by atoms with Crippen molar-refractivity contribution in [3.63, 3.8) is 0 Å². The molecule has 5 N–H and O–H groups in total. The smallest absolute Gasteiger partial charge is 0.155 e. The summed E-state index contributed by atoms with van der Waals surface area (Å²) in [6, 6.07) is 4.12. The number of nitriles is 1. The van der Waals surface area contributed by atoms with Crippen LogP contribution in [0.4, 0.5) is 5.82 Å². The van der Waals surface area contributed by atoms with E-state index in [2.05, 4.69) is 33.4 Å². The summed E-state index contributed by atoms with van der Waals surface area (Å²) in [5.74, 6) is 0.553. The van der Waals surface area contributed by atoms with Crippen molar-refractivity contribution in [3.8, 4) is 17.3 Å². The Hall–Kier alpha value is -3.91. The van der Waals surface area contributed by atoms with Gasteiger partial charge in [-0.15, -0.1) is 0 Å². The molecule has 3 aromatic heterocycles. The van der Waals surface area contributed by atoms with E-state index in [1.165, 1.54) is 0 Å². The predicted molar refractivity (Wildman–Crippen MR) is 116 cm³/mol. The maximum atomic E-state index is 9.36. The molecule has 11 heteroatoms. The van der Waals surface area contributed by atoms with Gasteiger partial charge in [0.1, 0.15) is 17.2 Å². The molecule has 4 rings (SSSR count). The summed E-state index contributed by atoms with van der Waals surface area (Å²) in [6.07, 6.45) is 7.14. The lowest BCUT2D eigenvalue weighted by Gasteiger charge is -2.45. The zero-order chi connectivity index (χ0) is 22.2. The summed E-state index contributed by atoms with van der Waals surface area (Å²) in [4.78, 5) is 4.77. The maximum absolute atomic E-state index is 9.36. The molecule has 1 fully saturated rings. The van der Waals surface area contributed by atoms with E-state index in [-0.39, 0.29) is 11.9 Å². The second kappa shape index (κ2) is 7.73.